The van der Waals surface area contributed by atoms with Crippen LogP contribution in [0.4, 0.5) is 0 Å². The Hall–Kier alpha value is -1.59. The standard InChI is InChI=1S/C59H114O6/c1-6-8-9-10-11-12-13-23-29-34-39-44-49-57(60)63-52-56(53-64-58(61)50-45-40-35-30-26-25-28-33-38-43-48-55(5)7-2)65-59(62)51-46-41-36-31-24-21-19-17-15-14-16-18-20-22-27-32-37-42-47-54(3)4/h54-56H,6-53H2,1-5H3/t55?,56-/m0/s1. The lowest BCUT2D eigenvalue weighted by atomic mass is 9.99. The maximum Gasteiger partial charge on any atom is 0.306 e. The van der Waals surface area contributed by atoms with Crippen molar-refractivity contribution in [3.05, 3.63) is 0 Å². The second-order valence-electron chi connectivity index (χ2n) is 21.0. The lowest BCUT2D eigenvalue weighted by Gasteiger charge is -2.18. The summed E-state index contributed by atoms with van der Waals surface area (Å²) in [6.07, 6.45) is 55.2. The fourth-order valence-corrected chi connectivity index (χ4v) is 9.02. The summed E-state index contributed by atoms with van der Waals surface area (Å²) in [5.41, 5.74) is 0. The Balaban J connectivity index is 4.25. The quantitative estimate of drug-likeness (QED) is 0.0344. The third kappa shape index (κ3) is 51.6. The molecule has 0 spiro atoms. The Morgan fingerprint density at radius 3 is 0.877 bits per heavy atom. The van der Waals surface area contributed by atoms with Crippen LogP contribution in [-0.2, 0) is 28.6 Å². The van der Waals surface area contributed by atoms with E-state index in [4.69, 9.17) is 14.2 Å². The van der Waals surface area contributed by atoms with Crippen LogP contribution in [0.5, 0.6) is 0 Å². The smallest absolute Gasteiger partial charge is 0.306 e. The summed E-state index contributed by atoms with van der Waals surface area (Å²) in [4.78, 5) is 38.1. The number of esters is 3. The summed E-state index contributed by atoms with van der Waals surface area (Å²) in [5, 5.41) is 0. The first-order valence-corrected chi connectivity index (χ1v) is 29.3. The van der Waals surface area contributed by atoms with Gasteiger partial charge in [-0.2, -0.15) is 0 Å². The minimum absolute atomic E-state index is 0.0627. The maximum atomic E-state index is 12.9. The molecule has 0 fully saturated rings. The molecule has 6 heteroatoms. The molecule has 1 unspecified atom stereocenters. The molecule has 0 radical (unpaired) electrons. The van der Waals surface area contributed by atoms with E-state index >= 15 is 0 Å². The second kappa shape index (κ2) is 51.8. The van der Waals surface area contributed by atoms with Crippen molar-refractivity contribution < 1.29 is 28.6 Å². The van der Waals surface area contributed by atoms with Crippen molar-refractivity contribution in [1.29, 1.82) is 0 Å². The van der Waals surface area contributed by atoms with Gasteiger partial charge in [0.05, 0.1) is 0 Å². The lowest BCUT2D eigenvalue weighted by Crippen LogP contribution is -2.30. The van der Waals surface area contributed by atoms with Gasteiger partial charge in [-0.15, -0.1) is 0 Å². The molecule has 386 valence electrons. The van der Waals surface area contributed by atoms with Gasteiger partial charge in [-0.1, -0.05) is 291 Å². The third-order valence-electron chi connectivity index (χ3n) is 13.8. The second-order valence-corrected chi connectivity index (χ2v) is 21.0. The van der Waals surface area contributed by atoms with E-state index in [0.29, 0.717) is 19.3 Å². The molecular weight excluding hydrogens is 805 g/mol. The number of hydrogen-bond acceptors (Lipinski definition) is 6. The molecule has 0 aliphatic rings. The van der Waals surface area contributed by atoms with Crippen LogP contribution in [0.3, 0.4) is 0 Å². The van der Waals surface area contributed by atoms with Gasteiger partial charge >= 0.3 is 17.9 Å². The largest absolute Gasteiger partial charge is 0.462 e. The zero-order chi connectivity index (χ0) is 47.5. The van der Waals surface area contributed by atoms with Gasteiger partial charge in [-0.3, -0.25) is 14.4 Å². The summed E-state index contributed by atoms with van der Waals surface area (Å²) in [5.74, 6) is 0.888. The number of hydrogen-bond donors (Lipinski definition) is 0. The van der Waals surface area contributed by atoms with E-state index in [1.54, 1.807) is 0 Å². The van der Waals surface area contributed by atoms with Crippen molar-refractivity contribution in [2.45, 2.75) is 336 Å². The minimum atomic E-state index is -0.762. The van der Waals surface area contributed by atoms with Gasteiger partial charge in [0, 0.05) is 19.3 Å². The van der Waals surface area contributed by atoms with Crippen LogP contribution in [0.25, 0.3) is 0 Å². The number of rotatable bonds is 53. The number of carbonyl (C=O) groups is 3. The molecule has 0 aliphatic carbocycles. The monoisotopic (exact) mass is 919 g/mol. The molecule has 0 aromatic carbocycles. The highest BCUT2D eigenvalue weighted by Crippen LogP contribution is 2.19. The molecule has 0 saturated carbocycles. The van der Waals surface area contributed by atoms with Crippen LogP contribution in [0, 0.1) is 11.8 Å². The van der Waals surface area contributed by atoms with Crippen LogP contribution < -0.4 is 0 Å². The van der Waals surface area contributed by atoms with Crippen molar-refractivity contribution >= 4 is 17.9 Å². The zero-order valence-corrected chi connectivity index (χ0v) is 44.6. The predicted octanol–water partition coefficient (Wildman–Crippen LogP) is 19.3. The lowest BCUT2D eigenvalue weighted by molar-refractivity contribution is -0.167. The van der Waals surface area contributed by atoms with Crippen molar-refractivity contribution in [3.8, 4) is 0 Å². The van der Waals surface area contributed by atoms with E-state index in [0.717, 1.165) is 69.6 Å². The fraction of sp³-hybridized carbons (Fsp3) is 0.949. The van der Waals surface area contributed by atoms with Gasteiger partial charge in [-0.05, 0) is 31.1 Å². The highest BCUT2D eigenvalue weighted by Gasteiger charge is 2.19. The maximum absolute atomic E-state index is 12.9. The van der Waals surface area contributed by atoms with Gasteiger partial charge in [0.2, 0.25) is 0 Å². The summed E-state index contributed by atoms with van der Waals surface area (Å²) in [6.45, 7) is 11.4. The molecule has 0 rings (SSSR count). The number of carbonyl (C=O) groups excluding carboxylic acids is 3. The van der Waals surface area contributed by atoms with Gasteiger partial charge < -0.3 is 14.2 Å². The third-order valence-corrected chi connectivity index (χ3v) is 13.8. The van der Waals surface area contributed by atoms with Gasteiger partial charge in [0.25, 0.3) is 0 Å². The molecule has 2 atom stereocenters. The Kier molecular flexibility index (Phi) is 50.5. The van der Waals surface area contributed by atoms with Crippen LogP contribution in [0.1, 0.15) is 330 Å². The van der Waals surface area contributed by atoms with E-state index in [2.05, 4.69) is 34.6 Å². The van der Waals surface area contributed by atoms with Crippen molar-refractivity contribution in [3.63, 3.8) is 0 Å². The van der Waals surface area contributed by atoms with E-state index in [1.165, 1.54) is 218 Å². The first kappa shape index (κ1) is 63.4. The van der Waals surface area contributed by atoms with Gasteiger partial charge in [-0.25, -0.2) is 0 Å². The number of unbranched alkanes of at least 4 members (excludes halogenated alkanes) is 37. The van der Waals surface area contributed by atoms with E-state index in [-0.39, 0.29) is 31.1 Å². The van der Waals surface area contributed by atoms with Gasteiger partial charge in [0.15, 0.2) is 6.10 Å². The minimum Gasteiger partial charge on any atom is -0.462 e. The van der Waals surface area contributed by atoms with Crippen LogP contribution in [0.15, 0.2) is 0 Å². The normalized spacial score (nSPS) is 12.5. The topological polar surface area (TPSA) is 78.9 Å². The Bertz CT molecular complexity index is 995. The summed E-state index contributed by atoms with van der Waals surface area (Å²) in [7, 11) is 0. The Morgan fingerprint density at radius 2 is 0.585 bits per heavy atom. The van der Waals surface area contributed by atoms with Crippen LogP contribution >= 0.6 is 0 Å². The Morgan fingerprint density at radius 1 is 0.323 bits per heavy atom. The van der Waals surface area contributed by atoms with E-state index in [9.17, 15) is 14.4 Å². The molecule has 0 amide bonds. The molecule has 65 heavy (non-hydrogen) atoms. The van der Waals surface area contributed by atoms with Gasteiger partial charge in [0.1, 0.15) is 13.2 Å². The predicted molar refractivity (Wildman–Crippen MR) is 280 cm³/mol. The van der Waals surface area contributed by atoms with Crippen molar-refractivity contribution in [2.75, 3.05) is 13.2 Å². The molecule has 6 nitrogen and oxygen atoms in total. The zero-order valence-electron chi connectivity index (χ0n) is 44.6. The first-order valence-electron chi connectivity index (χ1n) is 29.3. The van der Waals surface area contributed by atoms with Crippen LogP contribution in [-0.4, -0.2) is 37.2 Å². The molecule has 0 bridgehead atoms. The highest BCUT2D eigenvalue weighted by atomic mass is 16.6. The highest BCUT2D eigenvalue weighted by molar-refractivity contribution is 5.71. The Labute approximate surface area is 406 Å². The van der Waals surface area contributed by atoms with Crippen LogP contribution in [0.2, 0.25) is 0 Å². The molecule has 0 aliphatic heterocycles. The molecular formula is C59H114O6. The average molecular weight is 920 g/mol. The van der Waals surface area contributed by atoms with Crippen molar-refractivity contribution in [1.82, 2.24) is 0 Å². The van der Waals surface area contributed by atoms with E-state index in [1.807, 2.05) is 0 Å². The molecule has 0 heterocycles. The van der Waals surface area contributed by atoms with E-state index < -0.39 is 6.10 Å². The summed E-state index contributed by atoms with van der Waals surface area (Å²) in [6, 6.07) is 0. The molecule has 0 aromatic heterocycles. The molecule has 0 aromatic rings. The fourth-order valence-electron chi connectivity index (χ4n) is 9.02. The van der Waals surface area contributed by atoms with Crippen molar-refractivity contribution in [2.24, 2.45) is 11.8 Å². The summed E-state index contributed by atoms with van der Waals surface area (Å²) < 4.78 is 16.9. The molecule has 0 saturated heterocycles. The summed E-state index contributed by atoms with van der Waals surface area (Å²) >= 11 is 0. The average Bonchev–Trinajstić information content (AvgIpc) is 3.29. The molecule has 0 N–H and O–H groups in total. The first-order chi connectivity index (χ1) is 31.8. The SMILES string of the molecule is CCCCCCCCCCCCCCC(=O)OC[C@@H](COC(=O)CCCCCCCCCCCCC(C)CC)OC(=O)CCCCCCCCCCCCCCCCCCCCC(C)C. The number of ether oxygens (including phenoxy) is 3.